The third kappa shape index (κ3) is 2.65. The Labute approximate surface area is 140 Å². The zero-order valence-electron chi connectivity index (χ0n) is 12.0. The fraction of sp³-hybridized carbons (Fsp3) is 0. The zero-order valence-corrected chi connectivity index (χ0v) is 12.8. The Morgan fingerprint density at radius 3 is 2.54 bits per heavy atom. The second kappa shape index (κ2) is 6.21. The van der Waals surface area contributed by atoms with Crippen molar-refractivity contribution in [2.45, 2.75) is 0 Å². The number of halogens is 2. The first-order chi connectivity index (χ1) is 11.5. The molecule has 0 saturated carbocycles. The number of nitro groups is 1. The van der Waals surface area contributed by atoms with Gasteiger partial charge in [-0.2, -0.15) is 9.49 Å². The summed E-state index contributed by atoms with van der Waals surface area (Å²) in [7, 11) is 0. The van der Waals surface area contributed by atoms with Crippen LogP contribution in [-0.2, 0) is 0 Å². The molecule has 1 aromatic heterocycles. The van der Waals surface area contributed by atoms with Gasteiger partial charge in [0.25, 0.3) is 0 Å². The largest absolute Gasteiger partial charge is 0.305 e. The normalized spacial score (nSPS) is 10.6. The third-order valence-electron chi connectivity index (χ3n) is 3.40. The van der Waals surface area contributed by atoms with Crippen molar-refractivity contribution in [3.8, 4) is 16.9 Å². The van der Waals surface area contributed by atoms with Gasteiger partial charge in [0, 0.05) is 11.6 Å². The van der Waals surface area contributed by atoms with Crippen LogP contribution in [-0.4, -0.2) is 21.0 Å². The average Bonchev–Trinajstić information content (AvgIpc) is 2.92. The van der Waals surface area contributed by atoms with Crippen LogP contribution in [0.1, 0.15) is 10.4 Å². The van der Waals surface area contributed by atoms with E-state index in [1.165, 1.54) is 10.7 Å². The van der Waals surface area contributed by atoms with E-state index < -0.39 is 16.4 Å². The molecule has 0 aliphatic heterocycles. The van der Waals surface area contributed by atoms with E-state index in [1.54, 1.807) is 24.3 Å². The number of para-hydroxylation sites is 1. The van der Waals surface area contributed by atoms with Crippen molar-refractivity contribution in [2.75, 3.05) is 0 Å². The number of nitro benzene ring substituents is 1. The molecule has 0 aliphatic rings. The summed E-state index contributed by atoms with van der Waals surface area (Å²) in [6.45, 7) is 0. The fourth-order valence-corrected chi connectivity index (χ4v) is 2.54. The van der Waals surface area contributed by atoms with Gasteiger partial charge < -0.3 is 0 Å². The van der Waals surface area contributed by atoms with Gasteiger partial charge in [-0.15, -0.1) is 0 Å². The lowest BCUT2D eigenvalue weighted by molar-refractivity contribution is -0.387. The maximum Gasteiger partial charge on any atom is 0.305 e. The molecule has 6 nitrogen and oxygen atoms in total. The van der Waals surface area contributed by atoms with E-state index in [0.717, 1.165) is 12.1 Å². The number of aldehydes is 1. The van der Waals surface area contributed by atoms with Gasteiger partial charge >= 0.3 is 5.69 Å². The molecule has 8 heteroatoms. The number of carbonyl (C=O) groups is 1. The maximum absolute atomic E-state index is 13.5. The third-order valence-corrected chi connectivity index (χ3v) is 3.76. The van der Waals surface area contributed by atoms with Gasteiger partial charge in [-0.1, -0.05) is 29.8 Å². The van der Waals surface area contributed by atoms with Crippen molar-refractivity contribution in [1.29, 1.82) is 0 Å². The second-order valence-corrected chi connectivity index (χ2v) is 5.20. The number of nitrogens with zero attached hydrogens (tertiary/aromatic N) is 3. The molecule has 0 radical (unpaired) electrons. The molecule has 24 heavy (non-hydrogen) atoms. The Kier molecular flexibility index (Phi) is 4.09. The highest BCUT2D eigenvalue weighted by Gasteiger charge is 2.22. The minimum atomic E-state index is -0.968. The summed E-state index contributed by atoms with van der Waals surface area (Å²) in [5, 5.41) is 15.2. The summed E-state index contributed by atoms with van der Waals surface area (Å²) in [5.74, 6) is -0.968. The molecule has 0 fully saturated rings. The van der Waals surface area contributed by atoms with Gasteiger partial charge in [0.05, 0.1) is 16.2 Å². The van der Waals surface area contributed by atoms with E-state index in [0.29, 0.717) is 12.0 Å². The Morgan fingerprint density at radius 2 is 1.92 bits per heavy atom. The molecule has 0 N–H and O–H groups in total. The molecule has 3 rings (SSSR count). The average molecular weight is 346 g/mol. The minimum absolute atomic E-state index is 0.0678. The molecule has 1 heterocycles. The van der Waals surface area contributed by atoms with Crippen LogP contribution >= 0.6 is 11.6 Å². The first-order valence-corrected chi connectivity index (χ1v) is 7.14. The van der Waals surface area contributed by atoms with Crippen LogP contribution in [0.2, 0.25) is 5.15 Å². The van der Waals surface area contributed by atoms with E-state index >= 15 is 0 Å². The SMILES string of the molecule is O=Cc1c(-c2ccc(F)c([N+](=O)[O-])c2)nn(-c2ccccc2)c1Cl. The molecule has 0 bridgehead atoms. The lowest BCUT2D eigenvalue weighted by Crippen LogP contribution is -1.96. The highest BCUT2D eigenvalue weighted by atomic mass is 35.5. The van der Waals surface area contributed by atoms with Crippen LogP contribution in [0.4, 0.5) is 10.1 Å². The predicted octanol–water partition coefficient (Wildman–Crippen LogP) is 4.05. The molecule has 0 aliphatic carbocycles. The molecule has 0 spiro atoms. The van der Waals surface area contributed by atoms with Gasteiger partial charge in [0.1, 0.15) is 10.8 Å². The smallest absolute Gasteiger partial charge is 0.298 e. The van der Waals surface area contributed by atoms with Gasteiger partial charge in [-0.05, 0) is 24.3 Å². The van der Waals surface area contributed by atoms with Crippen molar-refractivity contribution in [3.63, 3.8) is 0 Å². The quantitative estimate of drug-likeness (QED) is 0.406. The number of hydrogen-bond acceptors (Lipinski definition) is 4. The van der Waals surface area contributed by atoms with Crippen molar-refractivity contribution in [2.24, 2.45) is 0 Å². The van der Waals surface area contributed by atoms with Crippen molar-refractivity contribution in [3.05, 3.63) is 75.2 Å². The van der Waals surface area contributed by atoms with Crippen LogP contribution in [0.15, 0.2) is 48.5 Å². The monoisotopic (exact) mass is 345 g/mol. The number of rotatable bonds is 4. The number of benzene rings is 2. The van der Waals surface area contributed by atoms with Gasteiger partial charge in [0.15, 0.2) is 6.29 Å². The second-order valence-electron chi connectivity index (χ2n) is 4.84. The van der Waals surface area contributed by atoms with E-state index in [9.17, 15) is 19.3 Å². The molecule has 120 valence electrons. The van der Waals surface area contributed by atoms with E-state index in [-0.39, 0.29) is 22.0 Å². The van der Waals surface area contributed by atoms with E-state index in [4.69, 9.17) is 11.6 Å². The lowest BCUT2D eigenvalue weighted by Gasteiger charge is -2.02. The fourth-order valence-electron chi connectivity index (χ4n) is 2.27. The molecule has 2 aromatic carbocycles. The van der Waals surface area contributed by atoms with Crippen LogP contribution in [0.5, 0.6) is 0 Å². The van der Waals surface area contributed by atoms with E-state index in [2.05, 4.69) is 5.10 Å². The predicted molar refractivity (Wildman–Crippen MR) is 86.0 cm³/mol. The summed E-state index contributed by atoms with van der Waals surface area (Å²) in [4.78, 5) is 21.5. The Morgan fingerprint density at radius 1 is 1.21 bits per heavy atom. The standard InChI is InChI=1S/C16H9ClFN3O3/c17-16-12(9-22)15(19-20(16)11-4-2-1-3-5-11)10-6-7-13(18)14(8-10)21(23)24/h1-9H. The van der Waals surface area contributed by atoms with Gasteiger partial charge in [0.2, 0.25) is 5.82 Å². The first kappa shape index (κ1) is 15.8. The van der Waals surface area contributed by atoms with Gasteiger partial charge in [-0.25, -0.2) is 4.68 Å². The summed E-state index contributed by atoms with van der Waals surface area (Å²) in [5.41, 5.74) is 0.355. The molecule has 0 unspecified atom stereocenters. The molecule has 0 amide bonds. The first-order valence-electron chi connectivity index (χ1n) is 6.76. The number of aromatic nitrogens is 2. The summed E-state index contributed by atoms with van der Waals surface area (Å²) in [6.07, 6.45) is 0.513. The van der Waals surface area contributed by atoms with Crippen molar-refractivity contribution >= 4 is 23.6 Å². The molecule has 0 atom stereocenters. The zero-order chi connectivity index (χ0) is 17.3. The number of carbonyl (C=O) groups excluding carboxylic acids is 1. The van der Waals surface area contributed by atoms with Crippen molar-refractivity contribution in [1.82, 2.24) is 9.78 Å². The Bertz CT molecular complexity index is 941. The minimum Gasteiger partial charge on any atom is -0.298 e. The maximum atomic E-state index is 13.5. The molecule has 3 aromatic rings. The molecule has 0 saturated heterocycles. The summed E-state index contributed by atoms with van der Waals surface area (Å²) >= 11 is 6.21. The summed E-state index contributed by atoms with van der Waals surface area (Å²) < 4.78 is 14.8. The van der Waals surface area contributed by atoms with Crippen LogP contribution in [0.25, 0.3) is 16.9 Å². The van der Waals surface area contributed by atoms with Crippen molar-refractivity contribution < 1.29 is 14.1 Å². The highest BCUT2D eigenvalue weighted by Crippen LogP contribution is 2.32. The lowest BCUT2D eigenvalue weighted by atomic mass is 10.1. The Hall–Kier alpha value is -3.06. The van der Waals surface area contributed by atoms with Crippen LogP contribution in [0, 0.1) is 15.9 Å². The molecular weight excluding hydrogens is 337 g/mol. The van der Waals surface area contributed by atoms with Gasteiger partial charge in [-0.3, -0.25) is 14.9 Å². The van der Waals surface area contributed by atoms with E-state index in [1.807, 2.05) is 6.07 Å². The summed E-state index contributed by atoms with van der Waals surface area (Å²) in [6, 6.07) is 12.1. The number of hydrogen-bond donors (Lipinski definition) is 0. The topological polar surface area (TPSA) is 78.0 Å². The molecular formula is C16H9ClFN3O3. The van der Waals surface area contributed by atoms with Crippen LogP contribution < -0.4 is 0 Å². The van der Waals surface area contributed by atoms with Crippen LogP contribution in [0.3, 0.4) is 0 Å². The highest BCUT2D eigenvalue weighted by molar-refractivity contribution is 6.32. The Balaban J connectivity index is 2.21.